The Balaban J connectivity index is 2.60. The van der Waals surface area contributed by atoms with Crippen molar-refractivity contribution in [1.29, 1.82) is 0 Å². The maximum absolute atomic E-state index is 14.0. The zero-order valence-electron chi connectivity index (χ0n) is 10.7. The highest BCUT2D eigenvalue weighted by Gasteiger charge is 2.32. The summed E-state index contributed by atoms with van der Waals surface area (Å²) >= 11 is 0. The number of benzene rings is 2. The maximum Gasteiger partial charge on any atom is 0.129 e. The van der Waals surface area contributed by atoms with E-state index in [4.69, 9.17) is 0 Å². The van der Waals surface area contributed by atoms with Crippen LogP contribution in [0.3, 0.4) is 0 Å². The minimum Gasteiger partial charge on any atom is -0.380 e. The van der Waals surface area contributed by atoms with Crippen LogP contribution in [0.25, 0.3) is 0 Å². The Morgan fingerprint density at radius 1 is 1.11 bits per heavy atom. The van der Waals surface area contributed by atoms with Crippen molar-refractivity contribution in [2.75, 3.05) is 0 Å². The molecule has 2 heteroatoms. The van der Waals surface area contributed by atoms with E-state index in [-0.39, 0.29) is 5.82 Å². The topological polar surface area (TPSA) is 20.2 Å². The largest absolute Gasteiger partial charge is 0.380 e. The lowest BCUT2D eigenvalue weighted by Gasteiger charge is -2.28. The number of hydrogen-bond donors (Lipinski definition) is 1. The predicted octanol–water partition coefficient (Wildman–Crippen LogP) is 3.78. The zero-order valence-corrected chi connectivity index (χ0v) is 10.7. The molecule has 1 atom stereocenters. The highest BCUT2D eigenvalue weighted by Crippen LogP contribution is 2.34. The van der Waals surface area contributed by atoms with Gasteiger partial charge in [0, 0.05) is 5.56 Å². The average molecular weight is 244 g/mol. The standard InChI is InChI=1S/C16H17FO/c1-3-16(18,13-7-5-4-6-8-13)14-11-12(2)9-10-15(14)17/h4-11,18H,3H2,1-2H3. The molecule has 94 valence electrons. The van der Waals surface area contributed by atoms with Gasteiger partial charge in [0.05, 0.1) is 0 Å². The number of aryl methyl sites for hydroxylation is 1. The van der Waals surface area contributed by atoms with Crippen LogP contribution >= 0.6 is 0 Å². The highest BCUT2D eigenvalue weighted by molar-refractivity contribution is 5.38. The number of hydrogen-bond acceptors (Lipinski definition) is 1. The fraction of sp³-hybridized carbons (Fsp3) is 0.250. The van der Waals surface area contributed by atoms with Crippen molar-refractivity contribution in [2.45, 2.75) is 25.9 Å². The Morgan fingerprint density at radius 2 is 1.78 bits per heavy atom. The van der Waals surface area contributed by atoms with Crippen LogP contribution in [0.1, 0.15) is 30.0 Å². The van der Waals surface area contributed by atoms with Gasteiger partial charge in [-0.1, -0.05) is 48.9 Å². The molecule has 0 saturated carbocycles. The molecule has 0 saturated heterocycles. The molecular formula is C16H17FO. The van der Waals surface area contributed by atoms with Crippen molar-refractivity contribution in [2.24, 2.45) is 0 Å². The maximum atomic E-state index is 14.0. The molecule has 1 nitrogen and oxygen atoms in total. The van der Waals surface area contributed by atoms with Gasteiger partial charge in [0.15, 0.2) is 0 Å². The van der Waals surface area contributed by atoms with Crippen molar-refractivity contribution in [3.63, 3.8) is 0 Å². The van der Waals surface area contributed by atoms with E-state index in [1.807, 2.05) is 44.2 Å². The molecule has 0 amide bonds. The van der Waals surface area contributed by atoms with Crippen molar-refractivity contribution >= 4 is 0 Å². The SMILES string of the molecule is CCC(O)(c1ccccc1)c1cc(C)ccc1F. The van der Waals surface area contributed by atoms with Gasteiger partial charge in [-0.15, -0.1) is 0 Å². The molecule has 0 aliphatic heterocycles. The monoisotopic (exact) mass is 244 g/mol. The fourth-order valence-corrected chi connectivity index (χ4v) is 2.22. The third kappa shape index (κ3) is 2.16. The summed E-state index contributed by atoms with van der Waals surface area (Å²) in [5.74, 6) is -0.367. The van der Waals surface area contributed by atoms with E-state index < -0.39 is 5.60 Å². The minimum atomic E-state index is -1.27. The van der Waals surface area contributed by atoms with Crippen LogP contribution in [0, 0.1) is 12.7 Å². The van der Waals surface area contributed by atoms with Crippen molar-refractivity contribution in [1.82, 2.24) is 0 Å². The summed E-state index contributed by atoms with van der Waals surface area (Å²) in [5.41, 5.74) is 0.736. The number of halogens is 1. The van der Waals surface area contributed by atoms with E-state index in [1.54, 1.807) is 12.1 Å². The fourth-order valence-electron chi connectivity index (χ4n) is 2.22. The Labute approximate surface area is 107 Å². The van der Waals surface area contributed by atoms with Gasteiger partial charge in [0.2, 0.25) is 0 Å². The second kappa shape index (κ2) is 4.91. The number of rotatable bonds is 3. The smallest absolute Gasteiger partial charge is 0.129 e. The second-order valence-electron chi connectivity index (χ2n) is 4.56. The molecule has 2 aromatic carbocycles. The molecular weight excluding hydrogens is 227 g/mol. The molecule has 1 N–H and O–H groups in total. The minimum absolute atomic E-state index is 0.344. The van der Waals surface area contributed by atoms with Gasteiger partial charge in [0.25, 0.3) is 0 Å². The molecule has 0 heterocycles. The molecule has 1 unspecified atom stereocenters. The summed E-state index contributed by atoms with van der Waals surface area (Å²) in [6.45, 7) is 3.75. The van der Waals surface area contributed by atoms with Crippen LogP contribution < -0.4 is 0 Å². The van der Waals surface area contributed by atoms with Gasteiger partial charge in [0.1, 0.15) is 11.4 Å². The van der Waals surface area contributed by atoms with Crippen LogP contribution in [0.4, 0.5) is 4.39 Å². The quantitative estimate of drug-likeness (QED) is 0.871. The Kier molecular flexibility index (Phi) is 3.48. The first-order valence-electron chi connectivity index (χ1n) is 6.12. The molecule has 0 fully saturated rings. The second-order valence-corrected chi connectivity index (χ2v) is 4.56. The van der Waals surface area contributed by atoms with Gasteiger partial charge >= 0.3 is 0 Å². The van der Waals surface area contributed by atoms with Gasteiger partial charge in [-0.2, -0.15) is 0 Å². The molecule has 2 rings (SSSR count). The molecule has 18 heavy (non-hydrogen) atoms. The molecule has 0 aliphatic rings. The van der Waals surface area contributed by atoms with E-state index in [1.165, 1.54) is 6.07 Å². The van der Waals surface area contributed by atoms with E-state index in [2.05, 4.69) is 0 Å². The Hall–Kier alpha value is -1.67. The average Bonchev–Trinajstić information content (AvgIpc) is 2.41. The molecule has 0 aromatic heterocycles. The van der Waals surface area contributed by atoms with Crippen LogP contribution in [-0.4, -0.2) is 5.11 Å². The Bertz CT molecular complexity index is 536. The predicted molar refractivity (Wildman–Crippen MR) is 70.9 cm³/mol. The van der Waals surface area contributed by atoms with Crippen molar-refractivity contribution in [3.05, 3.63) is 71.0 Å². The van der Waals surface area contributed by atoms with Crippen LogP contribution in [0.2, 0.25) is 0 Å². The lowest BCUT2D eigenvalue weighted by Crippen LogP contribution is -2.27. The zero-order chi connectivity index (χ0) is 13.2. The van der Waals surface area contributed by atoms with Gasteiger partial charge in [-0.25, -0.2) is 4.39 Å². The van der Waals surface area contributed by atoms with Gasteiger partial charge in [-0.3, -0.25) is 0 Å². The van der Waals surface area contributed by atoms with Crippen LogP contribution in [0.15, 0.2) is 48.5 Å². The van der Waals surface area contributed by atoms with E-state index >= 15 is 0 Å². The summed E-state index contributed by atoms with van der Waals surface area (Å²) in [7, 11) is 0. The summed E-state index contributed by atoms with van der Waals surface area (Å²) in [6, 6.07) is 14.1. The van der Waals surface area contributed by atoms with E-state index in [0.717, 1.165) is 11.1 Å². The normalized spacial score (nSPS) is 14.2. The van der Waals surface area contributed by atoms with Crippen molar-refractivity contribution < 1.29 is 9.50 Å². The van der Waals surface area contributed by atoms with Gasteiger partial charge < -0.3 is 5.11 Å². The third-order valence-corrected chi connectivity index (χ3v) is 3.33. The summed E-state index contributed by atoms with van der Waals surface area (Å²) in [5, 5.41) is 10.8. The summed E-state index contributed by atoms with van der Waals surface area (Å²) < 4.78 is 14.0. The van der Waals surface area contributed by atoms with Crippen molar-refractivity contribution in [3.8, 4) is 0 Å². The molecule has 2 aromatic rings. The Morgan fingerprint density at radius 3 is 2.39 bits per heavy atom. The van der Waals surface area contributed by atoms with E-state index in [9.17, 15) is 9.50 Å². The number of aliphatic hydroxyl groups is 1. The van der Waals surface area contributed by atoms with Gasteiger partial charge in [-0.05, 0) is 31.0 Å². The third-order valence-electron chi connectivity index (χ3n) is 3.33. The molecule has 0 radical (unpaired) electrons. The lowest BCUT2D eigenvalue weighted by molar-refractivity contribution is 0.0725. The van der Waals surface area contributed by atoms with E-state index in [0.29, 0.717) is 12.0 Å². The molecule has 0 aliphatic carbocycles. The first kappa shape index (κ1) is 12.8. The lowest BCUT2D eigenvalue weighted by atomic mass is 9.83. The first-order chi connectivity index (χ1) is 8.58. The summed E-state index contributed by atoms with van der Waals surface area (Å²) in [4.78, 5) is 0. The summed E-state index contributed by atoms with van der Waals surface area (Å²) in [6.07, 6.45) is 0.428. The molecule has 0 bridgehead atoms. The molecule has 0 spiro atoms. The highest BCUT2D eigenvalue weighted by atomic mass is 19.1. The van der Waals surface area contributed by atoms with Crippen LogP contribution in [0.5, 0.6) is 0 Å². The first-order valence-corrected chi connectivity index (χ1v) is 6.12. The van der Waals surface area contributed by atoms with Crippen LogP contribution in [-0.2, 0) is 5.60 Å².